The molecular weight excluding hydrogens is 270 g/mol. The topological polar surface area (TPSA) is 57.9 Å². The van der Waals surface area contributed by atoms with Crippen molar-refractivity contribution in [1.82, 2.24) is 0 Å². The van der Waals surface area contributed by atoms with E-state index in [-0.39, 0.29) is 5.92 Å². The van der Waals surface area contributed by atoms with E-state index in [1.165, 1.54) is 6.26 Å². The molecule has 0 radical (unpaired) electrons. The van der Waals surface area contributed by atoms with E-state index < -0.39 is 9.84 Å². The highest BCUT2D eigenvalue weighted by Crippen LogP contribution is 2.23. The van der Waals surface area contributed by atoms with Crippen molar-refractivity contribution in [2.45, 2.75) is 17.7 Å². The number of nitriles is 1. The van der Waals surface area contributed by atoms with Gasteiger partial charge in [-0.2, -0.15) is 5.26 Å². The fourth-order valence-electron chi connectivity index (χ4n) is 1.93. The second-order valence-electron chi connectivity index (χ2n) is 4.77. The van der Waals surface area contributed by atoms with E-state index in [1.807, 2.05) is 31.2 Å². The minimum absolute atomic E-state index is 0.128. The fourth-order valence-corrected chi connectivity index (χ4v) is 2.56. The summed E-state index contributed by atoms with van der Waals surface area (Å²) in [6, 6.07) is 16.7. The summed E-state index contributed by atoms with van der Waals surface area (Å²) in [7, 11) is -3.16. The first-order valence-electron chi connectivity index (χ1n) is 6.22. The number of sulfone groups is 1. The molecule has 0 aliphatic heterocycles. The van der Waals surface area contributed by atoms with Gasteiger partial charge in [-0.25, -0.2) is 8.42 Å². The van der Waals surface area contributed by atoms with Gasteiger partial charge < -0.3 is 0 Å². The van der Waals surface area contributed by atoms with E-state index in [4.69, 9.17) is 5.26 Å². The predicted molar refractivity (Wildman–Crippen MR) is 79.0 cm³/mol. The molecule has 0 aliphatic carbocycles. The Morgan fingerprint density at radius 3 is 1.80 bits per heavy atom. The molecular formula is C16H15NO2S. The van der Waals surface area contributed by atoms with E-state index >= 15 is 0 Å². The zero-order chi connectivity index (χ0) is 14.8. The van der Waals surface area contributed by atoms with Crippen LogP contribution in [0, 0.1) is 11.3 Å². The highest BCUT2D eigenvalue weighted by Gasteiger charge is 2.07. The van der Waals surface area contributed by atoms with Crippen LogP contribution in [0.3, 0.4) is 0 Å². The minimum atomic E-state index is -3.16. The highest BCUT2D eigenvalue weighted by molar-refractivity contribution is 7.90. The van der Waals surface area contributed by atoms with E-state index in [9.17, 15) is 8.42 Å². The van der Waals surface area contributed by atoms with Crippen LogP contribution >= 0.6 is 0 Å². The predicted octanol–water partition coefficient (Wildman–Crippen LogP) is 3.38. The summed E-state index contributed by atoms with van der Waals surface area (Å²) in [6.07, 6.45) is 1.19. The third-order valence-corrected chi connectivity index (χ3v) is 4.35. The first kappa shape index (κ1) is 14.3. The average molecular weight is 285 g/mol. The summed E-state index contributed by atoms with van der Waals surface area (Å²) < 4.78 is 22.8. The van der Waals surface area contributed by atoms with Crippen molar-refractivity contribution in [3.8, 4) is 17.2 Å². The monoisotopic (exact) mass is 285 g/mol. The SMILES string of the molecule is CC(C#N)c1ccc(-c2ccc(S(C)(=O)=O)cc2)cc1. The lowest BCUT2D eigenvalue weighted by Crippen LogP contribution is -1.96. The van der Waals surface area contributed by atoms with E-state index in [2.05, 4.69) is 6.07 Å². The molecule has 2 aromatic rings. The largest absolute Gasteiger partial charge is 0.224 e. The van der Waals surface area contributed by atoms with Crippen LogP contribution in [0.5, 0.6) is 0 Å². The first-order chi connectivity index (χ1) is 9.41. The van der Waals surface area contributed by atoms with Gasteiger partial charge in [-0.15, -0.1) is 0 Å². The lowest BCUT2D eigenvalue weighted by Gasteiger charge is -2.06. The van der Waals surface area contributed by atoms with Crippen LogP contribution in [0.4, 0.5) is 0 Å². The van der Waals surface area contributed by atoms with Crippen LogP contribution in [0.1, 0.15) is 18.4 Å². The highest BCUT2D eigenvalue weighted by atomic mass is 32.2. The van der Waals surface area contributed by atoms with Gasteiger partial charge in [0.1, 0.15) is 0 Å². The van der Waals surface area contributed by atoms with E-state index in [0.29, 0.717) is 4.90 Å². The van der Waals surface area contributed by atoms with Crippen molar-refractivity contribution in [2.75, 3.05) is 6.26 Å². The van der Waals surface area contributed by atoms with Crippen molar-refractivity contribution in [3.05, 3.63) is 54.1 Å². The maximum atomic E-state index is 11.4. The van der Waals surface area contributed by atoms with Gasteiger partial charge in [0.05, 0.1) is 16.9 Å². The number of benzene rings is 2. The second kappa shape index (κ2) is 5.48. The lowest BCUT2D eigenvalue weighted by atomic mass is 9.98. The third-order valence-electron chi connectivity index (χ3n) is 3.22. The Balaban J connectivity index is 2.31. The zero-order valence-electron chi connectivity index (χ0n) is 11.4. The molecule has 0 amide bonds. The lowest BCUT2D eigenvalue weighted by molar-refractivity contribution is 0.602. The number of hydrogen-bond acceptors (Lipinski definition) is 3. The van der Waals surface area contributed by atoms with E-state index in [0.717, 1.165) is 16.7 Å². The molecule has 2 aromatic carbocycles. The van der Waals surface area contributed by atoms with Gasteiger partial charge in [-0.1, -0.05) is 36.4 Å². The maximum Gasteiger partial charge on any atom is 0.175 e. The van der Waals surface area contributed by atoms with Gasteiger partial charge in [-0.3, -0.25) is 0 Å². The smallest absolute Gasteiger partial charge is 0.175 e. The summed E-state index contributed by atoms with van der Waals surface area (Å²) >= 11 is 0. The number of nitrogens with zero attached hydrogens (tertiary/aromatic N) is 1. The molecule has 1 unspecified atom stereocenters. The Kier molecular flexibility index (Phi) is 3.91. The van der Waals surface area contributed by atoms with E-state index in [1.54, 1.807) is 24.3 Å². The normalized spacial score (nSPS) is 12.7. The Bertz CT molecular complexity index is 739. The maximum absolute atomic E-state index is 11.4. The summed E-state index contributed by atoms with van der Waals surface area (Å²) in [5, 5.41) is 8.87. The van der Waals surface area contributed by atoms with Crippen LogP contribution < -0.4 is 0 Å². The first-order valence-corrected chi connectivity index (χ1v) is 8.11. The Hall–Kier alpha value is -2.12. The van der Waals surface area contributed by atoms with Gasteiger partial charge in [0.15, 0.2) is 9.84 Å². The van der Waals surface area contributed by atoms with Crippen LogP contribution in [0.25, 0.3) is 11.1 Å². The average Bonchev–Trinajstić information content (AvgIpc) is 2.46. The van der Waals surface area contributed by atoms with Gasteiger partial charge in [-0.05, 0) is 35.7 Å². The molecule has 20 heavy (non-hydrogen) atoms. The quantitative estimate of drug-likeness (QED) is 0.868. The Labute approximate surface area is 119 Å². The molecule has 0 N–H and O–H groups in total. The molecule has 3 nitrogen and oxygen atoms in total. The molecule has 0 heterocycles. The zero-order valence-corrected chi connectivity index (χ0v) is 12.2. The Morgan fingerprint density at radius 1 is 0.950 bits per heavy atom. The Morgan fingerprint density at radius 2 is 1.40 bits per heavy atom. The second-order valence-corrected chi connectivity index (χ2v) is 6.79. The summed E-state index contributed by atoms with van der Waals surface area (Å²) in [4.78, 5) is 0.316. The molecule has 1 atom stereocenters. The summed E-state index contributed by atoms with van der Waals surface area (Å²) in [6.45, 7) is 1.86. The van der Waals surface area contributed by atoms with Crippen molar-refractivity contribution in [1.29, 1.82) is 5.26 Å². The molecule has 102 valence electrons. The number of rotatable bonds is 3. The molecule has 0 saturated carbocycles. The molecule has 0 aromatic heterocycles. The van der Waals surface area contributed by atoms with Gasteiger partial charge in [0.25, 0.3) is 0 Å². The molecule has 0 fully saturated rings. The molecule has 0 aliphatic rings. The minimum Gasteiger partial charge on any atom is -0.224 e. The van der Waals surface area contributed by atoms with Gasteiger partial charge in [0.2, 0.25) is 0 Å². The standard InChI is InChI=1S/C16H15NO2S/c1-12(11-17)13-3-5-14(6-4-13)15-7-9-16(10-8-15)20(2,18)19/h3-10,12H,1-2H3. The van der Waals surface area contributed by atoms with Crippen LogP contribution in [-0.4, -0.2) is 14.7 Å². The molecule has 2 rings (SSSR count). The van der Waals surface area contributed by atoms with Crippen molar-refractivity contribution >= 4 is 9.84 Å². The van der Waals surface area contributed by atoms with Crippen LogP contribution in [0.15, 0.2) is 53.4 Å². The van der Waals surface area contributed by atoms with Crippen molar-refractivity contribution < 1.29 is 8.42 Å². The van der Waals surface area contributed by atoms with Crippen molar-refractivity contribution in [2.24, 2.45) is 0 Å². The molecule has 0 spiro atoms. The van der Waals surface area contributed by atoms with Crippen LogP contribution in [0.2, 0.25) is 0 Å². The van der Waals surface area contributed by atoms with Crippen molar-refractivity contribution in [3.63, 3.8) is 0 Å². The third kappa shape index (κ3) is 3.06. The molecule has 4 heteroatoms. The fraction of sp³-hybridized carbons (Fsp3) is 0.188. The molecule has 0 bridgehead atoms. The number of hydrogen-bond donors (Lipinski definition) is 0. The van der Waals surface area contributed by atoms with Gasteiger partial charge >= 0.3 is 0 Å². The van der Waals surface area contributed by atoms with Crippen LogP contribution in [-0.2, 0) is 9.84 Å². The molecule has 0 saturated heterocycles. The summed E-state index contributed by atoms with van der Waals surface area (Å²) in [5.74, 6) is -0.128. The van der Waals surface area contributed by atoms with Gasteiger partial charge in [0, 0.05) is 6.26 Å². The summed E-state index contributed by atoms with van der Waals surface area (Å²) in [5.41, 5.74) is 2.93.